The summed E-state index contributed by atoms with van der Waals surface area (Å²) in [7, 11) is 1.67. The smallest absolute Gasteiger partial charge is 0.251 e. The minimum Gasteiger partial charge on any atom is -0.497 e. The van der Waals surface area contributed by atoms with Crippen molar-refractivity contribution in [3.05, 3.63) is 70.0 Å². The van der Waals surface area contributed by atoms with Gasteiger partial charge in [-0.05, 0) is 69.1 Å². The molecule has 1 aliphatic rings. The second kappa shape index (κ2) is 11.2. The number of fused-ring (bicyclic) bond motifs is 1. The zero-order chi connectivity index (χ0) is 23.2. The van der Waals surface area contributed by atoms with Crippen molar-refractivity contribution in [2.24, 2.45) is 0 Å². The van der Waals surface area contributed by atoms with Crippen LogP contribution in [0.15, 0.2) is 58.2 Å². The molecule has 0 aliphatic carbocycles. The third kappa shape index (κ3) is 5.99. The number of aromatic nitrogens is 1. The van der Waals surface area contributed by atoms with Crippen LogP contribution in [0.1, 0.15) is 24.0 Å². The van der Waals surface area contributed by atoms with Crippen LogP contribution in [0.5, 0.6) is 5.75 Å². The molecule has 0 amide bonds. The van der Waals surface area contributed by atoms with E-state index >= 15 is 0 Å². The molecule has 0 bridgehead atoms. The predicted molar refractivity (Wildman–Crippen MR) is 139 cm³/mol. The van der Waals surface area contributed by atoms with Gasteiger partial charge in [-0.3, -0.25) is 4.79 Å². The second-order valence-corrected chi connectivity index (χ2v) is 10.0. The number of benzene rings is 2. The lowest BCUT2D eigenvalue weighted by Gasteiger charge is -2.32. The molecule has 1 N–H and O–H groups in total. The summed E-state index contributed by atoms with van der Waals surface area (Å²) in [6, 6.07) is 16.9. The molecule has 0 saturated carbocycles. The van der Waals surface area contributed by atoms with Gasteiger partial charge in [0.05, 0.1) is 12.6 Å². The molecule has 2 heterocycles. The van der Waals surface area contributed by atoms with Crippen LogP contribution in [0.3, 0.4) is 0 Å². The summed E-state index contributed by atoms with van der Waals surface area (Å²) < 4.78 is 7.30. The molecule has 0 atom stereocenters. The van der Waals surface area contributed by atoms with E-state index in [-0.39, 0.29) is 5.56 Å². The van der Waals surface area contributed by atoms with Crippen molar-refractivity contribution >= 4 is 22.7 Å². The molecule has 6 heteroatoms. The molecule has 1 aromatic heterocycles. The SMILES string of the molecule is COc1ccc2c(C)cc(=O)n(CCN3CCC(NCCSc4ccccc4C)CC3)c2c1. The Morgan fingerprint density at radius 1 is 1.03 bits per heavy atom. The van der Waals surface area contributed by atoms with Crippen LogP contribution < -0.4 is 15.6 Å². The standard InChI is InChI=1S/C27H35N3O2S/c1-20-6-4-5-7-26(20)33-17-12-28-22-10-13-29(14-11-22)15-16-30-25-19-23(32-3)8-9-24(25)21(2)18-27(30)31/h4-9,18-19,22,28H,10-17H2,1-3H3. The Hall–Kier alpha value is -2.28. The lowest BCUT2D eigenvalue weighted by molar-refractivity contribution is 0.193. The Kier molecular flexibility index (Phi) is 8.12. The number of ether oxygens (including phenoxy) is 1. The van der Waals surface area contributed by atoms with Gasteiger partial charge in [-0.1, -0.05) is 18.2 Å². The normalized spacial score (nSPS) is 15.2. The summed E-state index contributed by atoms with van der Waals surface area (Å²) in [6.45, 7) is 8.96. The molecule has 4 rings (SSSR count). The predicted octanol–water partition coefficient (Wildman–Crippen LogP) is 4.47. The quantitative estimate of drug-likeness (QED) is 0.373. The van der Waals surface area contributed by atoms with Crippen molar-refractivity contribution in [1.29, 1.82) is 0 Å². The van der Waals surface area contributed by atoms with Crippen LogP contribution in [0.25, 0.3) is 10.9 Å². The monoisotopic (exact) mass is 465 g/mol. The Balaban J connectivity index is 1.26. The van der Waals surface area contributed by atoms with Crippen molar-refractivity contribution in [3.63, 3.8) is 0 Å². The number of thioether (sulfide) groups is 1. The summed E-state index contributed by atoms with van der Waals surface area (Å²) in [5.74, 6) is 1.88. The number of hydrogen-bond acceptors (Lipinski definition) is 5. The average molecular weight is 466 g/mol. The Morgan fingerprint density at radius 2 is 1.82 bits per heavy atom. The van der Waals surface area contributed by atoms with E-state index in [1.165, 1.54) is 10.5 Å². The van der Waals surface area contributed by atoms with E-state index in [0.717, 1.165) is 67.0 Å². The first-order chi connectivity index (χ1) is 16.0. The lowest BCUT2D eigenvalue weighted by Crippen LogP contribution is -2.44. The maximum atomic E-state index is 12.7. The number of pyridine rings is 1. The number of aryl methyl sites for hydroxylation is 2. The summed E-state index contributed by atoms with van der Waals surface area (Å²) in [4.78, 5) is 16.6. The third-order valence-corrected chi connectivity index (χ3v) is 7.82. The summed E-state index contributed by atoms with van der Waals surface area (Å²) in [5.41, 5.74) is 3.40. The van der Waals surface area contributed by atoms with E-state index in [2.05, 4.69) is 41.4 Å². The summed E-state index contributed by atoms with van der Waals surface area (Å²) in [6.07, 6.45) is 2.32. The molecule has 2 aromatic carbocycles. The minimum absolute atomic E-state index is 0.0657. The van der Waals surface area contributed by atoms with E-state index < -0.39 is 0 Å². The first kappa shape index (κ1) is 23.9. The van der Waals surface area contributed by atoms with Gasteiger partial charge < -0.3 is 19.5 Å². The Morgan fingerprint density at radius 3 is 2.58 bits per heavy atom. The highest BCUT2D eigenvalue weighted by atomic mass is 32.2. The van der Waals surface area contributed by atoms with Gasteiger partial charge in [0.25, 0.3) is 5.56 Å². The number of likely N-dealkylation sites (tertiary alicyclic amines) is 1. The van der Waals surface area contributed by atoms with Crippen molar-refractivity contribution < 1.29 is 4.74 Å². The highest BCUT2D eigenvalue weighted by Crippen LogP contribution is 2.23. The van der Waals surface area contributed by atoms with Gasteiger partial charge in [-0.2, -0.15) is 0 Å². The van der Waals surface area contributed by atoms with Crippen LogP contribution in [-0.4, -0.2) is 54.6 Å². The van der Waals surface area contributed by atoms with Gasteiger partial charge in [-0.25, -0.2) is 0 Å². The van der Waals surface area contributed by atoms with Crippen LogP contribution >= 0.6 is 11.8 Å². The molecule has 176 valence electrons. The van der Waals surface area contributed by atoms with E-state index in [9.17, 15) is 4.79 Å². The first-order valence-corrected chi connectivity index (χ1v) is 12.9. The maximum Gasteiger partial charge on any atom is 0.251 e. The zero-order valence-electron chi connectivity index (χ0n) is 20.0. The fourth-order valence-electron chi connectivity index (χ4n) is 4.63. The molecule has 1 aliphatic heterocycles. The molecule has 3 aromatic rings. The first-order valence-electron chi connectivity index (χ1n) is 11.9. The topological polar surface area (TPSA) is 46.5 Å². The molecule has 33 heavy (non-hydrogen) atoms. The molecule has 0 unspecified atom stereocenters. The number of piperidine rings is 1. The lowest BCUT2D eigenvalue weighted by atomic mass is 10.1. The summed E-state index contributed by atoms with van der Waals surface area (Å²) >= 11 is 1.93. The van der Waals surface area contributed by atoms with E-state index in [0.29, 0.717) is 12.6 Å². The van der Waals surface area contributed by atoms with Gasteiger partial charge in [0.2, 0.25) is 0 Å². The second-order valence-electron chi connectivity index (χ2n) is 8.88. The van der Waals surface area contributed by atoms with E-state index in [1.54, 1.807) is 13.2 Å². The molecular formula is C27H35N3O2S. The van der Waals surface area contributed by atoms with E-state index in [4.69, 9.17) is 4.74 Å². The number of nitrogens with one attached hydrogen (secondary N) is 1. The number of nitrogens with zero attached hydrogens (tertiary/aromatic N) is 2. The molecule has 0 radical (unpaired) electrons. The molecule has 1 saturated heterocycles. The fourth-order valence-corrected chi connectivity index (χ4v) is 5.54. The van der Waals surface area contributed by atoms with Crippen LogP contribution in [0, 0.1) is 13.8 Å². The molecule has 1 fully saturated rings. The van der Waals surface area contributed by atoms with Gasteiger partial charge in [0, 0.05) is 53.8 Å². The number of methoxy groups -OCH3 is 1. The highest BCUT2D eigenvalue weighted by molar-refractivity contribution is 7.99. The average Bonchev–Trinajstić information content (AvgIpc) is 2.83. The van der Waals surface area contributed by atoms with Crippen LogP contribution in [0.2, 0.25) is 0 Å². The number of hydrogen-bond donors (Lipinski definition) is 1. The zero-order valence-corrected chi connectivity index (χ0v) is 20.8. The summed E-state index contributed by atoms with van der Waals surface area (Å²) in [5, 5.41) is 4.85. The Bertz CT molecular complexity index is 1140. The molecule has 5 nitrogen and oxygen atoms in total. The van der Waals surface area contributed by atoms with Crippen LogP contribution in [0.4, 0.5) is 0 Å². The van der Waals surface area contributed by atoms with E-state index in [1.807, 2.05) is 41.5 Å². The minimum atomic E-state index is 0.0657. The van der Waals surface area contributed by atoms with Gasteiger partial charge in [0.1, 0.15) is 5.75 Å². The van der Waals surface area contributed by atoms with Crippen LogP contribution in [-0.2, 0) is 6.54 Å². The molecule has 0 spiro atoms. The van der Waals surface area contributed by atoms with Crippen molar-refractivity contribution in [3.8, 4) is 5.75 Å². The molecular weight excluding hydrogens is 430 g/mol. The highest BCUT2D eigenvalue weighted by Gasteiger charge is 2.19. The fraction of sp³-hybridized carbons (Fsp3) is 0.444. The third-order valence-electron chi connectivity index (χ3n) is 6.64. The Labute approximate surface area is 201 Å². The van der Waals surface area contributed by atoms with Crippen molar-refractivity contribution in [1.82, 2.24) is 14.8 Å². The number of rotatable bonds is 9. The van der Waals surface area contributed by atoms with Gasteiger partial charge >= 0.3 is 0 Å². The van der Waals surface area contributed by atoms with Gasteiger partial charge in [0.15, 0.2) is 0 Å². The maximum absolute atomic E-state index is 12.7. The largest absolute Gasteiger partial charge is 0.497 e. The van der Waals surface area contributed by atoms with Crippen molar-refractivity contribution in [2.75, 3.05) is 39.0 Å². The van der Waals surface area contributed by atoms with Gasteiger partial charge in [-0.15, -0.1) is 11.8 Å². The van der Waals surface area contributed by atoms with Crippen molar-refractivity contribution in [2.45, 2.75) is 44.2 Å².